The minimum Gasteiger partial charge on any atom is -0.421 e. The van der Waals surface area contributed by atoms with Crippen LogP contribution in [0.2, 0.25) is 0 Å². The number of amides is 1. The molecule has 0 radical (unpaired) electrons. The van der Waals surface area contributed by atoms with Crippen LogP contribution in [0.25, 0.3) is 11.5 Å². The molecule has 2 aromatic heterocycles. The Hall–Kier alpha value is -1.77. The van der Waals surface area contributed by atoms with Gasteiger partial charge in [0, 0.05) is 49.5 Å². The zero-order valence-electron chi connectivity index (χ0n) is 15.3. The number of carbonyl (C=O) groups excluding carboxylic acids is 1. The second kappa shape index (κ2) is 9.25. The number of aryl methyl sites for hydroxylation is 1. The molecule has 142 valence electrons. The first-order valence-corrected chi connectivity index (χ1v) is 10.0. The highest BCUT2D eigenvalue weighted by Crippen LogP contribution is 2.20. The molecule has 0 aromatic carbocycles. The van der Waals surface area contributed by atoms with Gasteiger partial charge in [0.15, 0.2) is 0 Å². The van der Waals surface area contributed by atoms with Crippen LogP contribution in [0.3, 0.4) is 0 Å². The van der Waals surface area contributed by atoms with Gasteiger partial charge in [0.25, 0.3) is 0 Å². The number of aromatic nitrogens is 2. The Bertz CT molecular complexity index is 680. The van der Waals surface area contributed by atoms with Gasteiger partial charge >= 0.3 is 0 Å². The van der Waals surface area contributed by atoms with Crippen LogP contribution < -0.4 is 5.32 Å². The van der Waals surface area contributed by atoms with Crippen LogP contribution in [0, 0.1) is 5.92 Å². The molecule has 0 spiro atoms. The molecule has 26 heavy (non-hydrogen) atoms. The summed E-state index contributed by atoms with van der Waals surface area (Å²) in [5.41, 5.74) is 0.920. The number of rotatable bonds is 8. The maximum atomic E-state index is 12.2. The predicted molar refractivity (Wildman–Crippen MR) is 100.0 cm³/mol. The highest BCUT2D eigenvalue weighted by Gasteiger charge is 2.24. The minimum atomic E-state index is 0.0131. The van der Waals surface area contributed by atoms with E-state index in [1.165, 1.54) is 0 Å². The summed E-state index contributed by atoms with van der Waals surface area (Å²) in [6.45, 7) is 8.41. The molecule has 7 nitrogen and oxygen atoms in total. The van der Waals surface area contributed by atoms with E-state index in [1.807, 2.05) is 16.8 Å². The third-order valence-electron chi connectivity index (χ3n) is 4.59. The van der Waals surface area contributed by atoms with Gasteiger partial charge in [0.2, 0.25) is 17.7 Å². The van der Waals surface area contributed by atoms with Gasteiger partial charge in [-0.25, -0.2) is 0 Å². The Balaban J connectivity index is 1.44. The fourth-order valence-electron chi connectivity index (χ4n) is 3.08. The van der Waals surface area contributed by atoms with Crippen molar-refractivity contribution in [2.45, 2.75) is 32.7 Å². The van der Waals surface area contributed by atoms with Crippen LogP contribution in [-0.4, -0.2) is 59.9 Å². The number of hydrogen-bond donors (Lipinski definition) is 1. The second-order valence-electron chi connectivity index (χ2n) is 6.78. The molecule has 3 rings (SSSR count). The van der Waals surface area contributed by atoms with Crippen molar-refractivity contribution in [1.29, 1.82) is 0 Å². The van der Waals surface area contributed by atoms with E-state index in [-0.39, 0.29) is 5.91 Å². The van der Waals surface area contributed by atoms with Crippen LogP contribution >= 0.6 is 11.3 Å². The maximum Gasteiger partial charge on any atom is 0.248 e. The molecule has 0 bridgehead atoms. The lowest BCUT2D eigenvalue weighted by atomic mass is 10.0. The van der Waals surface area contributed by atoms with Crippen LogP contribution in [0.5, 0.6) is 0 Å². The van der Waals surface area contributed by atoms with E-state index >= 15 is 0 Å². The molecular weight excluding hydrogens is 352 g/mol. The van der Waals surface area contributed by atoms with Gasteiger partial charge in [-0.1, -0.05) is 13.8 Å². The fourth-order valence-corrected chi connectivity index (χ4v) is 3.71. The van der Waals surface area contributed by atoms with Crippen LogP contribution in [0.4, 0.5) is 0 Å². The number of nitrogens with zero attached hydrogens (tertiary/aromatic N) is 3. The standard InChI is InChI=1S/C18H26N4O3S/c1-13(2)15(22-6-8-24-9-7-22)11-19-16(23)3-4-17-20-21-18(25-17)14-5-10-26-12-14/h5,10,12-13,15H,3-4,6-9,11H2,1-2H3,(H,19,23)/t15-/m1/s1. The molecule has 0 unspecified atom stereocenters. The second-order valence-corrected chi connectivity index (χ2v) is 7.56. The molecule has 0 aliphatic carbocycles. The topological polar surface area (TPSA) is 80.5 Å². The lowest BCUT2D eigenvalue weighted by Gasteiger charge is -2.36. The van der Waals surface area contributed by atoms with E-state index in [0.29, 0.717) is 43.1 Å². The molecule has 1 N–H and O–H groups in total. The highest BCUT2D eigenvalue weighted by atomic mass is 32.1. The minimum absolute atomic E-state index is 0.0131. The number of morpholine rings is 1. The summed E-state index contributed by atoms with van der Waals surface area (Å²) >= 11 is 1.58. The average molecular weight is 378 g/mol. The van der Waals surface area contributed by atoms with Gasteiger partial charge in [0.05, 0.1) is 13.2 Å². The van der Waals surface area contributed by atoms with Gasteiger partial charge < -0.3 is 14.5 Å². The van der Waals surface area contributed by atoms with Crippen molar-refractivity contribution in [3.63, 3.8) is 0 Å². The Labute approximate surface area is 157 Å². The van der Waals surface area contributed by atoms with Crippen molar-refractivity contribution >= 4 is 17.2 Å². The SMILES string of the molecule is CC(C)[C@@H](CNC(=O)CCc1nnc(-c2ccsc2)o1)N1CCOCC1. The van der Waals surface area contributed by atoms with Gasteiger partial charge in [-0.3, -0.25) is 9.69 Å². The number of hydrogen-bond acceptors (Lipinski definition) is 7. The summed E-state index contributed by atoms with van der Waals surface area (Å²) in [5, 5.41) is 15.0. The maximum absolute atomic E-state index is 12.2. The van der Waals surface area contributed by atoms with Crippen molar-refractivity contribution in [1.82, 2.24) is 20.4 Å². The molecule has 1 atom stereocenters. The van der Waals surface area contributed by atoms with E-state index in [9.17, 15) is 4.79 Å². The summed E-state index contributed by atoms with van der Waals surface area (Å²) in [5.74, 6) is 1.49. The molecule has 1 amide bonds. The van der Waals surface area contributed by atoms with Crippen molar-refractivity contribution < 1.29 is 13.9 Å². The molecule has 1 saturated heterocycles. The van der Waals surface area contributed by atoms with Gasteiger partial charge in [-0.15, -0.1) is 10.2 Å². The quantitative estimate of drug-likeness (QED) is 0.759. The van der Waals surface area contributed by atoms with E-state index in [2.05, 4.69) is 34.3 Å². The van der Waals surface area contributed by atoms with E-state index in [0.717, 1.165) is 31.9 Å². The Kier molecular flexibility index (Phi) is 6.76. The molecule has 0 saturated carbocycles. The monoisotopic (exact) mass is 378 g/mol. The number of nitrogens with one attached hydrogen (secondary N) is 1. The first kappa shape index (κ1) is 19.0. The van der Waals surface area contributed by atoms with Crippen LogP contribution in [0.1, 0.15) is 26.2 Å². The predicted octanol–water partition coefficient (Wildman–Crippen LogP) is 2.20. The highest BCUT2D eigenvalue weighted by molar-refractivity contribution is 7.08. The summed E-state index contributed by atoms with van der Waals surface area (Å²) in [6, 6.07) is 2.27. The third-order valence-corrected chi connectivity index (χ3v) is 5.28. The summed E-state index contributed by atoms with van der Waals surface area (Å²) < 4.78 is 11.0. The first-order valence-electron chi connectivity index (χ1n) is 9.07. The van der Waals surface area contributed by atoms with E-state index < -0.39 is 0 Å². The molecule has 1 aliphatic heterocycles. The molecular formula is C18H26N4O3S. The Morgan fingerprint density at radius 3 is 2.85 bits per heavy atom. The molecule has 1 fully saturated rings. The van der Waals surface area contributed by atoms with Crippen molar-refractivity contribution in [2.24, 2.45) is 5.92 Å². The molecule has 8 heteroatoms. The van der Waals surface area contributed by atoms with Crippen LogP contribution in [0.15, 0.2) is 21.2 Å². The summed E-state index contributed by atoms with van der Waals surface area (Å²) in [4.78, 5) is 14.6. The van der Waals surface area contributed by atoms with Gasteiger partial charge in [-0.2, -0.15) is 11.3 Å². The Morgan fingerprint density at radius 1 is 1.35 bits per heavy atom. The lowest BCUT2D eigenvalue weighted by molar-refractivity contribution is -0.121. The largest absolute Gasteiger partial charge is 0.421 e. The zero-order valence-corrected chi connectivity index (χ0v) is 16.1. The molecule has 2 aromatic rings. The average Bonchev–Trinajstić information content (AvgIpc) is 3.32. The smallest absolute Gasteiger partial charge is 0.248 e. The van der Waals surface area contributed by atoms with Gasteiger partial charge in [-0.05, 0) is 17.4 Å². The first-order chi connectivity index (χ1) is 12.6. The summed E-state index contributed by atoms with van der Waals surface area (Å²) in [6.07, 6.45) is 0.798. The normalized spacial score (nSPS) is 16.7. The van der Waals surface area contributed by atoms with Gasteiger partial charge in [0.1, 0.15) is 0 Å². The Morgan fingerprint density at radius 2 is 2.15 bits per heavy atom. The number of thiophene rings is 1. The molecule has 3 heterocycles. The number of ether oxygens (including phenoxy) is 1. The van der Waals surface area contributed by atoms with E-state index in [4.69, 9.17) is 9.15 Å². The van der Waals surface area contributed by atoms with Crippen molar-refractivity contribution in [2.75, 3.05) is 32.8 Å². The van der Waals surface area contributed by atoms with Crippen molar-refractivity contribution in [3.05, 3.63) is 22.7 Å². The zero-order chi connectivity index (χ0) is 18.4. The van der Waals surface area contributed by atoms with E-state index in [1.54, 1.807) is 11.3 Å². The fraction of sp³-hybridized carbons (Fsp3) is 0.611. The number of carbonyl (C=O) groups is 1. The third kappa shape index (κ3) is 5.12. The summed E-state index contributed by atoms with van der Waals surface area (Å²) in [7, 11) is 0. The van der Waals surface area contributed by atoms with Crippen molar-refractivity contribution in [3.8, 4) is 11.5 Å². The van der Waals surface area contributed by atoms with Crippen LogP contribution in [-0.2, 0) is 16.0 Å². The lowest BCUT2D eigenvalue weighted by Crippen LogP contribution is -2.51. The molecule has 1 aliphatic rings.